The van der Waals surface area contributed by atoms with Crippen LogP contribution in [0.2, 0.25) is 0 Å². The highest BCUT2D eigenvalue weighted by atomic mass is 16.5. The Morgan fingerprint density at radius 3 is 3.25 bits per heavy atom. The summed E-state index contributed by atoms with van der Waals surface area (Å²) in [5.41, 5.74) is 0. The molecule has 1 atom stereocenters. The molecule has 0 radical (unpaired) electrons. The van der Waals surface area contributed by atoms with Crippen LogP contribution in [0.25, 0.3) is 0 Å². The van der Waals surface area contributed by atoms with Gasteiger partial charge in [0.25, 0.3) is 5.91 Å². The second-order valence-corrected chi connectivity index (χ2v) is 3.53. The molecule has 1 aromatic heterocycles. The van der Waals surface area contributed by atoms with Crippen LogP contribution in [0, 0.1) is 11.3 Å². The zero-order valence-corrected chi connectivity index (χ0v) is 8.88. The first kappa shape index (κ1) is 10.4. The summed E-state index contributed by atoms with van der Waals surface area (Å²) in [7, 11) is 1.66. The molecule has 2 heterocycles. The standard InChI is InChI=1S/C11H11N3O2/c1-14-10-8(5-3-7-13-10)16-9(11(14)15)4-2-6-12/h3,5,7,9H,2,4H2,1H3. The van der Waals surface area contributed by atoms with Crippen LogP contribution in [0.4, 0.5) is 5.82 Å². The van der Waals surface area contributed by atoms with E-state index in [0.717, 1.165) is 0 Å². The molecule has 0 aliphatic carbocycles. The zero-order chi connectivity index (χ0) is 11.5. The van der Waals surface area contributed by atoms with Gasteiger partial charge in [-0.2, -0.15) is 5.26 Å². The van der Waals surface area contributed by atoms with E-state index in [4.69, 9.17) is 10.00 Å². The first-order valence-electron chi connectivity index (χ1n) is 5.00. The molecule has 5 heteroatoms. The van der Waals surface area contributed by atoms with E-state index in [2.05, 4.69) is 4.98 Å². The summed E-state index contributed by atoms with van der Waals surface area (Å²) < 4.78 is 5.51. The molecule has 1 aliphatic rings. The molecule has 5 nitrogen and oxygen atoms in total. The molecule has 0 aromatic carbocycles. The summed E-state index contributed by atoms with van der Waals surface area (Å²) in [6.45, 7) is 0. The average molecular weight is 217 g/mol. The number of anilines is 1. The Morgan fingerprint density at radius 1 is 1.69 bits per heavy atom. The quantitative estimate of drug-likeness (QED) is 0.744. The van der Waals surface area contributed by atoms with Crippen LogP contribution >= 0.6 is 0 Å². The predicted octanol–water partition coefficient (Wildman–Crippen LogP) is 1.11. The van der Waals surface area contributed by atoms with Gasteiger partial charge in [-0.3, -0.25) is 9.69 Å². The van der Waals surface area contributed by atoms with Crippen molar-refractivity contribution in [3.63, 3.8) is 0 Å². The first-order chi connectivity index (χ1) is 7.74. The fourth-order valence-corrected chi connectivity index (χ4v) is 1.63. The Kier molecular flexibility index (Phi) is 2.73. The minimum absolute atomic E-state index is 0.151. The molecule has 0 fully saturated rings. The predicted molar refractivity (Wildman–Crippen MR) is 56.9 cm³/mol. The van der Waals surface area contributed by atoms with Gasteiger partial charge in [0.15, 0.2) is 17.7 Å². The molecule has 2 rings (SSSR count). The van der Waals surface area contributed by atoms with Crippen LogP contribution in [-0.4, -0.2) is 24.0 Å². The SMILES string of the molecule is CN1C(=O)C(CCC#N)Oc2cccnc21. The highest BCUT2D eigenvalue weighted by Gasteiger charge is 2.32. The highest BCUT2D eigenvalue weighted by Crippen LogP contribution is 2.31. The van der Waals surface area contributed by atoms with Crippen molar-refractivity contribution >= 4 is 11.7 Å². The average Bonchev–Trinajstić information content (AvgIpc) is 2.32. The maximum absolute atomic E-state index is 11.8. The van der Waals surface area contributed by atoms with Gasteiger partial charge in [0, 0.05) is 26.1 Å². The van der Waals surface area contributed by atoms with Crippen molar-refractivity contribution in [2.75, 3.05) is 11.9 Å². The minimum atomic E-state index is -0.568. The molecule has 0 saturated carbocycles. The van der Waals surface area contributed by atoms with E-state index in [-0.39, 0.29) is 5.91 Å². The largest absolute Gasteiger partial charge is 0.477 e. The van der Waals surface area contributed by atoms with Crippen molar-refractivity contribution in [3.8, 4) is 11.8 Å². The van der Waals surface area contributed by atoms with Gasteiger partial charge < -0.3 is 4.74 Å². The van der Waals surface area contributed by atoms with Crippen molar-refractivity contribution in [1.82, 2.24) is 4.98 Å². The van der Waals surface area contributed by atoms with Crippen molar-refractivity contribution < 1.29 is 9.53 Å². The van der Waals surface area contributed by atoms with Crippen LogP contribution in [0.15, 0.2) is 18.3 Å². The number of pyridine rings is 1. The van der Waals surface area contributed by atoms with Crippen LogP contribution in [0.1, 0.15) is 12.8 Å². The lowest BCUT2D eigenvalue weighted by Gasteiger charge is -2.30. The fourth-order valence-electron chi connectivity index (χ4n) is 1.63. The van der Waals surface area contributed by atoms with Crippen LogP contribution in [0.3, 0.4) is 0 Å². The van der Waals surface area contributed by atoms with Crippen LogP contribution in [-0.2, 0) is 4.79 Å². The molecule has 0 bridgehead atoms. The van der Waals surface area contributed by atoms with E-state index in [0.29, 0.717) is 24.4 Å². The molecule has 16 heavy (non-hydrogen) atoms. The number of carbonyl (C=O) groups is 1. The molecule has 82 valence electrons. The number of hydrogen-bond donors (Lipinski definition) is 0. The van der Waals surface area contributed by atoms with Crippen molar-refractivity contribution in [3.05, 3.63) is 18.3 Å². The smallest absolute Gasteiger partial charge is 0.269 e. The number of rotatable bonds is 2. The Labute approximate surface area is 93.3 Å². The van der Waals surface area contributed by atoms with E-state index < -0.39 is 6.10 Å². The lowest BCUT2D eigenvalue weighted by molar-refractivity contribution is -0.126. The third-order valence-corrected chi connectivity index (χ3v) is 2.46. The Hall–Kier alpha value is -2.09. The molecule has 1 amide bonds. The van der Waals surface area contributed by atoms with E-state index in [1.807, 2.05) is 6.07 Å². The van der Waals surface area contributed by atoms with E-state index >= 15 is 0 Å². The minimum Gasteiger partial charge on any atom is -0.477 e. The zero-order valence-electron chi connectivity index (χ0n) is 8.88. The summed E-state index contributed by atoms with van der Waals surface area (Å²) in [6.07, 6.45) is 1.76. The number of fused-ring (bicyclic) bond motifs is 1. The summed E-state index contributed by atoms with van der Waals surface area (Å²) in [4.78, 5) is 17.4. The number of nitrogens with zero attached hydrogens (tertiary/aromatic N) is 3. The van der Waals surface area contributed by atoms with Crippen molar-refractivity contribution in [2.45, 2.75) is 18.9 Å². The van der Waals surface area contributed by atoms with Gasteiger partial charge in [-0.15, -0.1) is 0 Å². The Bertz CT molecular complexity index is 453. The lowest BCUT2D eigenvalue weighted by Crippen LogP contribution is -2.44. The highest BCUT2D eigenvalue weighted by molar-refractivity contribution is 5.98. The van der Waals surface area contributed by atoms with Crippen molar-refractivity contribution in [1.29, 1.82) is 5.26 Å². The summed E-state index contributed by atoms with van der Waals surface area (Å²) in [5, 5.41) is 8.50. The maximum atomic E-state index is 11.8. The number of hydrogen-bond acceptors (Lipinski definition) is 4. The number of likely N-dealkylation sites (N-methyl/N-ethyl adjacent to an activating group) is 1. The molecular formula is C11H11N3O2. The monoisotopic (exact) mass is 217 g/mol. The van der Waals surface area contributed by atoms with Crippen LogP contribution < -0.4 is 9.64 Å². The molecule has 1 unspecified atom stereocenters. The number of aromatic nitrogens is 1. The summed E-state index contributed by atoms with van der Waals surface area (Å²) in [6, 6.07) is 5.53. The lowest BCUT2D eigenvalue weighted by atomic mass is 10.1. The van der Waals surface area contributed by atoms with Crippen LogP contribution in [0.5, 0.6) is 5.75 Å². The number of ether oxygens (including phenoxy) is 1. The first-order valence-corrected chi connectivity index (χ1v) is 5.00. The van der Waals surface area contributed by atoms with Gasteiger partial charge in [0.1, 0.15) is 0 Å². The van der Waals surface area contributed by atoms with E-state index in [9.17, 15) is 4.79 Å². The second-order valence-electron chi connectivity index (χ2n) is 3.53. The molecular weight excluding hydrogens is 206 g/mol. The number of carbonyl (C=O) groups excluding carboxylic acids is 1. The molecule has 0 spiro atoms. The maximum Gasteiger partial charge on any atom is 0.269 e. The van der Waals surface area contributed by atoms with E-state index in [1.54, 1.807) is 25.4 Å². The second kappa shape index (κ2) is 4.19. The Morgan fingerprint density at radius 2 is 2.50 bits per heavy atom. The van der Waals surface area contributed by atoms with Gasteiger partial charge in [-0.25, -0.2) is 4.98 Å². The third-order valence-electron chi connectivity index (χ3n) is 2.46. The van der Waals surface area contributed by atoms with Gasteiger partial charge in [0.05, 0.1) is 6.07 Å². The number of amides is 1. The topological polar surface area (TPSA) is 66.2 Å². The van der Waals surface area contributed by atoms with Crippen molar-refractivity contribution in [2.24, 2.45) is 0 Å². The normalized spacial score (nSPS) is 18.6. The van der Waals surface area contributed by atoms with Gasteiger partial charge >= 0.3 is 0 Å². The molecule has 0 saturated heterocycles. The van der Waals surface area contributed by atoms with Gasteiger partial charge in [-0.1, -0.05) is 0 Å². The number of nitriles is 1. The molecule has 0 N–H and O–H groups in total. The third kappa shape index (κ3) is 1.70. The van der Waals surface area contributed by atoms with E-state index in [1.165, 1.54) is 4.90 Å². The fraction of sp³-hybridized carbons (Fsp3) is 0.364. The summed E-state index contributed by atoms with van der Waals surface area (Å²) in [5.74, 6) is 0.967. The molecule has 1 aromatic rings. The van der Waals surface area contributed by atoms with Gasteiger partial charge in [0.2, 0.25) is 0 Å². The molecule has 1 aliphatic heterocycles. The summed E-state index contributed by atoms with van der Waals surface area (Å²) >= 11 is 0. The Balaban J connectivity index is 2.25. The van der Waals surface area contributed by atoms with Gasteiger partial charge in [-0.05, 0) is 12.1 Å².